The number of halogens is 2. The molecule has 2 atom stereocenters. The van der Waals surface area contributed by atoms with E-state index in [1.165, 1.54) is 12.1 Å². The van der Waals surface area contributed by atoms with Crippen LogP contribution in [-0.2, 0) is 9.84 Å². The van der Waals surface area contributed by atoms with Gasteiger partial charge in [-0.2, -0.15) is 8.78 Å². The van der Waals surface area contributed by atoms with Crippen LogP contribution in [0.1, 0.15) is 24.9 Å². The van der Waals surface area contributed by atoms with Gasteiger partial charge in [0, 0.05) is 12.1 Å². The van der Waals surface area contributed by atoms with Crippen molar-refractivity contribution >= 4 is 9.84 Å². The average molecular weight is 305 g/mol. The van der Waals surface area contributed by atoms with Crippen molar-refractivity contribution in [2.45, 2.75) is 32.0 Å². The summed E-state index contributed by atoms with van der Waals surface area (Å²) in [4.78, 5) is 0. The first-order valence-corrected chi connectivity index (χ1v) is 8.19. The molecule has 1 aliphatic heterocycles. The van der Waals surface area contributed by atoms with Crippen molar-refractivity contribution in [3.05, 3.63) is 29.8 Å². The van der Waals surface area contributed by atoms with E-state index in [0.29, 0.717) is 6.42 Å². The van der Waals surface area contributed by atoms with E-state index < -0.39 is 16.4 Å². The summed E-state index contributed by atoms with van der Waals surface area (Å²) in [5.41, 5.74) is 0.754. The molecule has 1 N–H and O–H groups in total. The lowest BCUT2D eigenvalue weighted by Crippen LogP contribution is -2.30. The second-order valence-electron chi connectivity index (χ2n) is 4.97. The molecule has 0 spiro atoms. The predicted molar refractivity (Wildman–Crippen MR) is 71.7 cm³/mol. The zero-order valence-corrected chi connectivity index (χ0v) is 11.9. The minimum atomic E-state index is -3.09. The smallest absolute Gasteiger partial charge is 0.387 e. The monoisotopic (exact) mass is 305 g/mol. The highest BCUT2D eigenvalue weighted by Crippen LogP contribution is 2.23. The highest BCUT2D eigenvalue weighted by atomic mass is 32.2. The molecule has 0 radical (unpaired) electrons. The zero-order chi connectivity index (χ0) is 14.8. The molecule has 112 valence electrons. The van der Waals surface area contributed by atoms with E-state index in [9.17, 15) is 17.2 Å². The predicted octanol–water partition coefficient (Wildman–Crippen LogP) is 2.13. The summed E-state index contributed by atoms with van der Waals surface area (Å²) in [6.45, 7) is -0.931. The van der Waals surface area contributed by atoms with Crippen molar-refractivity contribution in [3.63, 3.8) is 0 Å². The van der Waals surface area contributed by atoms with Gasteiger partial charge in [0.2, 0.25) is 0 Å². The zero-order valence-electron chi connectivity index (χ0n) is 11.1. The Morgan fingerprint density at radius 2 is 1.95 bits per heavy atom. The maximum Gasteiger partial charge on any atom is 0.387 e. The fourth-order valence-corrected chi connectivity index (χ4v) is 3.92. The van der Waals surface area contributed by atoms with Gasteiger partial charge in [0.1, 0.15) is 5.75 Å². The van der Waals surface area contributed by atoms with E-state index in [1.807, 2.05) is 6.92 Å². The summed E-state index contributed by atoms with van der Waals surface area (Å²) in [5, 5.41) is 3.24. The molecule has 1 aromatic carbocycles. The summed E-state index contributed by atoms with van der Waals surface area (Å²) in [7, 11) is -3.09. The minimum absolute atomic E-state index is 0.0202. The molecule has 1 saturated heterocycles. The standard InChI is InChI=1S/C13H17F2NO3S/c1-9-6-7-20(17,18)8-12(16-9)10-2-4-11(5-3-10)19-13(14)15/h2-5,9,12-13,16H,6-8H2,1H3. The van der Waals surface area contributed by atoms with Crippen molar-refractivity contribution in [2.24, 2.45) is 0 Å². The number of sulfone groups is 1. The van der Waals surface area contributed by atoms with Gasteiger partial charge >= 0.3 is 6.61 Å². The van der Waals surface area contributed by atoms with Crippen LogP contribution < -0.4 is 10.1 Å². The van der Waals surface area contributed by atoms with Gasteiger partial charge in [0.05, 0.1) is 11.5 Å². The molecule has 1 aromatic rings. The third-order valence-electron chi connectivity index (χ3n) is 3.28. The van der Waals surface area contributed by atoms with Crippen LogP contribution in [0.5, 0.6) is 5.75 Å². The Balaban J connectivity index is 2.16. The summed E-state index contributed by atoms with van der Waals surface area (Å²) in [5.74, 6) is 0.254. The topological polar surface area (TPSA) is 55.4 Å². The normalized spacial score (nSPS) is 26.2. The Bertz CT molecular complexity index is 545. The number of alkyl halides is 2. The molecule has 4 nitrogen and oxygen atoms in total. The highest BCUT2D eigenvalue weighted by Gasteiger charge is 2.26. The van der Waals surface area contributed by atoms with Gasteiger partial charge < -0.3 is 10.1 Å². The number of rotatable bonds is 3. The number of benzene rings is 1. The summed E-state index contributed by atoms with van der Waals surface area (Å²) in [6.07, 6.45) is 0.575. The first-order valence-electron chi connectivity index (χ1n) is 6.37. The van der Waals surface area contributed by atoms with Gasteiger partial charge in [-0.05, 0) is 31.0 Å². The van der Waals surface area contributed by atoms with Crippen LogP contribution in [0, 0.1) is 0 Å². The van der Waals surface area contributed by atoms with Crippen LogP contribution >= 0.6 is 0 Å². The van der Waals surface area contributed by atoms with Crippen molar-refractivity contribution in [3.8, 4) is 5.75 Å². The van der Waals surface area contributed by atoms with Crippen LogP contribution in [0.3, 0.4) is 0 Å². The van der Waals surface area contributed by atoms with Gasteiger partial charge in [0.25, 0.3) is 0 Å². The van der Waals surface area contributed by atoms with Crippen molar-refractivity contribution in [1.82, 2.24) is 5.32 Å². The van der Waals surface area contributed by atoms with Crippen molar-refractivity contribution < 1.29 is 21.9 Å². The average Bonchev–Trinajstić information content (AvgIpc) is 2.48. The van der Waals surface area contributed by atoms with E-state index in [1.54, 1.807) is 12.1 Å². The van der Waals surface area contributed by atoms with Gasteiger partial charge in [-0.25, -0.2) is 8.42 Å². The molecular formula is C13H17F2NO3S. The Hall–Kier alpha value is -1.21. The van der Waals surface area contributed by atoms with Crippen LogP contribution in [0.2, 0.25) is 0 Å². The van der Waals surface area contributed by atoms with Crippen LogP contribution in [0.25, 0.3) is 0 Å². The summed E-state index contributed by atoms with van der Waals surface area (Å²) < 4.78 is 52.1. The molecule has 1 heterocycles. The Morgan fingerprint density at radius 3 is 2.55 bits per heavy atom. The second-order valence-corrected chi connectivity index (χ2v) is 7.20. The minimum Gasteiger partial charge on any atom is -0.435 e. The van der Waals surface area contributed by atoms with E-state index in [2.05, 4.69) is 10.1 Å². The van der Waals surface area contributed by atoms with Gasteiger partial charge in [0.15, 0.2) is 9.84 Å². The Labute approximate surface area is 117 Å². The molecule has 0 bridgehead atoms. The molecule has 0 aromatic heterocycles. The largest absolute Gasteiger partial charge is 0.435 e. The number of nitrogens with one attached hydrogen (secondary N) is 1. The quantitative estimate of drug-likeness (QED) is 0.929. The third-order valence-corrected chi connectivity index (χ3v) is 4.97. The molecule has 7 heteroatoms. The van der Waals surface area contributed by atoms with Crippen LogP contribution in [0.4, 0.5) is 8.78 Å². The van der Waals surface area contributed by atoms with E-state index in [4.69, 9.17) is 0 Å². The van der Waals surface area contributed by atoms with Crippen molar-refractivity contribution in [2.75, 3.05) is 11.5 Å². The summed E-state index contributed by atoms with van der Waals surface area (Å²) >= 11 is 0. The fraction of sp³-hybridized carbons (Fsp3) is 0.538. The van der Waals surface area contributed by atoms with E-state index >= 15 is 0 Å². The molecule has 1 fully saturated rings. The number of hydrogen-bond acceptors (Lipinski definition) is 4. The molecular weight excluding hydrogens is 288 g/mol. The maximum atomic E-state index is 12.1. The van der Waals surface area contributed by atoms with E-state index in [0.717, 1.165) is 5.56 Å². The van der Waals surface area contributed by atoms with Gasteiger partial charge in [-0.15, -0.1) is 0 Å². The lowest BCUT2D eigenvalue weighted by atomic mass is 10.1. The lowest BCUT2D eigenvalue weighted by molar-refractivity contribution is -0.0498. The van der Waals surface area contributed by atoms with Gasteiger partial charge in [-0.1, -0.05) is 12.1 Å². The van der Waals surface area contributed by atoms with E-state index in [-0.39, 0.29) is 29.3 Å². The molecule has 1 aliphatic rings. The summed E-state index contributed by atoms with van der Waals surface area (Å²) in [6, 6.07) is 5.84. The van der Waals surface area contributed by atoms with Crippen molar-refractivity contribution in [1.29, 1.82) is 0 Å². The van der Waals surface area contributed by atoms with Crippen LogP contribution in [-0.4, -0.2) is 32.6 Å². The maximum absolute atomic E-state index is 12.1. The first-order chi connectivity index (χ1) is 9.35. The molecule has 0 aliphatic carbocycles. The Kier molecular flexibility index (Phi) is 4.59. The first kappa shape index (κ1) is 15.2. The van der Waals surface area contributed by atoms with Gasteiger partial charge in [-0.3, -0.25) is 0 Å². The number of ether oxygens (including phenoxy) is 1. The molecule has 2 rings (SSSR count). The highest BCUT2D eigenvalue weighted by molar-refractivity contribution is 7.91. The molecule has 0 saturated carbocycles. The molecule has 2 unspecified atom stereocenters. The molecule has 0 amide bonds. The SMILES string of the molecule is CC1CCS(=O)(=O)CC(c2ccc(OC(F)F)cc2)N1. The Morgan fingerprint density at radius 1 is 1.30 bits per heavy atom. The molecule has 20 heavy (non-hydrogen) atoms. The lowest BCUT2D eigenvalue weighted by Gasteiger charge is -2.19. The van der Waals surface area contributed by atoms with Crippen LogP contribution in [0.15, 0.2) is 24.3 Å². The fourth-order valence-electron chi connectivity index (χ4n) is 2.24. The number of hydrogen-bond donors (Lipinski definition) is 1. The second kappa shape index (κ2) is 6.05. The third kappa shape index (κ3) is 4.14.